The molecule has 3 rings (SSSR count). The molecule has 0 radical (unpaired) electrons. The number of anilines is 1. The fourth-order valence-corrected chi connectivity index (χ4v) is 4.18. The Hall–Kier alpha value is -2.04. The molecule has 1 aliphatic rings. The average molecular weight is 414 g/mol. The Morgan fingerprint density at radius 2 is 1.83 bits per heavy atom. The molecule has 160 valence electrons. The van der Waals surface area contributed by atoms with Crippen LogP contribution in [0.5, 0.6) is 0 Å². The molecule has 3 nitrogen and oxygen atoms in total. The van der Waals surface area contributed by atoms with E-state index in [4.69, 9.17) is 0 Å². The second kappa shape index (κ2) is 12.5. The molecule has 1 fully saturated rings. The first-order valence-electron chi connectivity index (χ1n) is 10.6. The Balaban J connectivity index is 0.000000989. The van der Waals surface area contributed by atoms with Crippen LogP contribution in [0.2, 0.25) is 0 Å². The Labute approximate surface area is 182 Å². The van der Waals surface area contributed by atoms with Crippen LogP contribution in [0.1, 0.15) is 33.3 Å². The number of fused-ring (bicyclic) bond motifs is 1. The fourth-order valence-electron chi connectivity index (χ4n) is 3.06. The Kier molecular flexibility index (Phi) is 10.8. The maximum Gasteiger partial charge on any atom is 0.0964 e. The number of aryl methyl sites for hydroxylation is 1. The van der Waals surface area contributed by atoms with E-state index in [2.05, 4.69) is 85.3 Å². The molecular weight excluding hydrogens is 374 g/mol. The molecule has 0 unspecified atom stereocenters. The van der Waals surface area contributed by atoms with Crippen LogP contribution in [0.15, 0.2) is 61.0 Å². The standard InChI is InChI=1S/C21H27N3S.2C2H6/c1-16-8-9-20-19(13-16)14-21(25-20)24-12-11-23(15-18(24)3)17(2)7-6-10-22(4)5;2*1-2/h6-9,13-14H,2-3,10-12,15H2,1,4-5H3;2*1-2H3/b7-6+;;. The summed E-state index contributed by atoms with van der Waals surface area (Å²) in [6.07, 6.45) is 4.27. The van der Waals surface area contributed by atoms with E-state index in [1.54, 1.807) is 0 Å². The number of nitrogens with zero attached hydrogens (tertiary/aromatic N) is 3. The zero-order valence-corrected chi connectivity index (χ0v) is 20.3. The van der Waals surface area contributed by atoms with Crippen LogP contribution in [0.3, 0.4) is 0 Å². The van der Waals surface area contributed by atoms with Crippen molar-refractivity contribution in [1.29, 1.82) is 0 Å². The molecule has 1 aliphatic heterocycles. The molecule has 29 heavy (non-hydrogen) atoms. The van der Waals surface area contributed by atoms with Gasteiger partial charge in [-0.15, -0.1) is 11.3 Å². The number of allylic oxidation sites excluding steroid dienone is 1. The van der Waals surface area contributed by atoms with Gasteiger partial charge in [0.1, 0.15) is 0 Å². The first-order chi connectivity index (χ1) is 13.9. The molecule has 1 aromatic carbocycles. The highest BCUT2D eigenvalue weighted by Crippen LogP contribution is 2.35. The Morgan fingerprint density at radius 1 is 1.14 bits per heavy atom. The van der Waals surface area contributed by atoms with Crippen molar-refractivity contribution < 1.29 is 0 Å². The maximum atomic E-state index is 4.32. The second-order valence-electron chi connectivity index (χ2n) is 6.92. The number of thiophene rings is 1. The van der Waals surface area contributed by atoms with Crippen molar-refractivity contribution in [2.75, 3.05) is 45.2 Å². The van der Waals surface area contributed by atoms with Crippen molar-refractivity contribution in [3.8, 4) is 0 Å². The summed E-state index contributed by atoms with van der Waals surface area (Å²) >= 11 is 1.85. The normalized spacial score (nSPS) is 14.0. The van der Waals surface area contributed by atoms with Gasteiger partial charge >= 0.3 is 0 Å². The third-order valence-corrected chi connectivity index (χ3v) is 5.60. The van der Waals surface area contributed by atoms with Crippen molar-refractivity contribution in [1.82, 2.24) is 9.80 Å². The number of hydrogen-bond donors (Lipinski definition) is 0. The summed E-state index contributed by atoms with van der Waals surface area (Å²) in [5.41, 5.74) is 3.51. The zero-order chi connectivity index (χ0) is 22.0. The fraction of sp³-hybridized carbons (Fsp3) is 0.440. The predicted molar refractivity (Wildman–Crippen MR) is 134 cm³/mol. The predicted octanol–water partition coefficient (Wildman–Crippen LogP) is 6.53. The topological polar surface area (TPSA) is 9.72 Å². The van der Waals surface area contributed by atoms with Crippen LogP contribution in [-0.4, -0.2) is 50.1 Å². The number of benzene rings is 1. The molecule has 0 aliphatic carbocycles. The SMILES string of the molecule is C=C(/C=C/CN(C)C)N1CCN(c2cc3cc(C)ccc3s2)C(=C)C1.CC.CC. The quantitative estimate of drug-likeness (QED) is 0.516. The van der Waals surface area contributed by atoms with Gasteiger partial charge in [0.05, 0.1) is 11.5 Å². The molecule has 2 aromatic rings. The van der Waals surface area contributed by atoms with E-state index in [0.717, 1.165) is 37.6 Å². The average Bonchev–Trinajstić information content (AvgIpc) is 3.13. The highest BCUT2D eigenvalue weighted by atomic mass is 32.1. The van der Waals surface area contributed by atoms with Gasteiger partial charge in [-0.05, 0) is 44.6 Å². The van der Waals surface area contributed by atoms with Gasteiger partial charge in [0.2, 0.25) is 0 Å². The molecular formula is C25H39N3S. The van der Waals surface area contributed by atoms with E-state index in [1.807, 2.05) is 39.0 Å². The summed E-state index contributed by atoms with van der Waals surface area (Å²) in [6, 6.07) is 8.94. The summed E-state index contributed by atoms with van der Waals surface area (Å²) in [5, 5.41) is 2.62. The van der Waals surface area contributed by atoms with Crippen molar-refractivity contribution in [2.45, 2.75) is 34.6 Å². The second-order valence-corrected chi connectivity index (χ2v) is 7.98. The highest BCUT2D eigenvalue weighted by molar-refractivity contribution is 7.22. The van der Waals surface area contributed by atoms with Crippen LogP contribution >= 0.6 is 11.3 Å². The number of hydrogen-bond acceptors (Lipinski definition) is 4. The largest absolute Gasteiger partial charge is 0.364 e. The number of rotatable bonds is 5. The number of piperazine rings is 1. The van der Waals surface area contributed by atoms with Gasteiger partial charge in [0, 0.05) is 35.7 Å². The minimum atomic E-state index is 0.832. The maximum absolute atomic E-state index is 4.32. The molecule has 0 spiro atoms. The summed E-state index contributed by atoms with van der Waals surface area (Å²) in [4.78, 5) is 6.81. The van der Waals surface area contributed by atoms with Gasteiger partial charge in [-0.25, -0.2) is 0 Å². The van der Waals surface area contributed by atoms with Crippen LogP contribution in [0.25, 0.3) is 10.1 Å². The van der Waals surface area contributed by atoms with Crippen molar-refractivity contribution in [3.05, 3.63) is 66.5 Å². The molecule has 4 heteroatoms. The monoisotopic (exact) mass is 413 g/mol. The van der Waals surface area contributed by atoms with Gasteiger partial charge in [0.15, 0.2) is 0 Å². The smallest absolute Gasteiger partial charge is 0.0964 e. The van der Waals surface area contributed by atoms with Crippen molar-refractivity contribution in [3.63, 3.8) is 0 Å². The van der Waals surface area contributed by atoms with Gasteiger partial charge in [-0.3, -0.25) is 0 Å². The third kappa shape index (κ3) is 7.06. The van der Waals surface area contributed by atoms with E-state index < -0.39 is 0 Å². The molecule has 2 heterocycles. The molecule has 0 amide bonds. The molecule has 0 N–H and O–H groups in total. The molecule has 0 saturated carbocycles. The first kappa shape index (κ1) is 25.0. The Bertz CT molecular complexity index is 817. The highest BCUT2D eigenvalue weighted by Gasteiger charge is 2.22. The lowest BCUT2D eigenvalue weighted by atomic mass is 10.2. The van der Waals surface area contributed by atoms with Gasteiger partial charge < -0.3 is 14.7 Å². The summed E-state index contributed by atoms with van der Waals surface area (Å²) in [6.45, 7) is 22.4. The van der Waals surface area contributed by atoms with E-state index in [9.17, 15) is 0 Å². The minimum Gasteiger partial charge on any atom is -0.364 e. The van der Waals surface area contributed by atoms with Crippen LogP contribution < -0.4 is 4.90 Å². The number of likely N-dealkylation sites (N-methyl/N-ethyl adjacent to an activating group) is 1. The van der Waals surface area contributed by atoms with Crippen molar-refractivity contribution >= 4 is 26.4 Å². The van der Waals surface area contributed by atoms with Crippen molar-refractivity contribution in [2.24, 2.45) is 0 Å². The van der Waals surface area contributed by atoms with Crippen LogP contribution in [0, 0.1) is 6.92 Å². The van der Waals surface area contributed by atoms with Crippen LogP contribution in [0.4, 0.5) is 5.00 Å². The molecule has 1 saturated heterocycles. The lowest BCUT2D eigenvalue weighted by Gasteiger charge is -2.38. The molecule has 0 bridgehead atoms. The first-order valence-corrected chi connectivity index (χ1v) is 11.5. The van der Waals surface area contributed by atoms with Crippen LogP contribution in [-0.2, 0) is 0 Å². The van der Waals surface area contributed by atoms with Gasteiger partial charge in [0.25, 0.3) is 0 Å². The Morgan fingerprint density at radius 3 is 2.45 bits per heavy atom. The zero-order valence-electron chi connectivity index (χ0n) is 19.5. The summed E-state index contributed by atoms with van der Waals surface area (Å²) in [5.74, 6) is 0. The van der Waals surface area contributed by atoms with E-state index in [-0.39, 0.29) is 0 Å². The lowest BCUT2D eigenvalue weighted by Crippen LogP contribution is -2.43. The van der Waals surface area contributed by atoms with Gasteiger partial charge in [-0.2, -0.15) is 0 Å². The van der Waals surface area contributed by atoms with E-state index in [0.29, 0.717) is 0 Å². The molecule has 0 atom stereocenters. The van der Waals surface area contributed by atoms with E-state index in [1.165, 1.54) is 20.7 Å². The molecule has 1 aromatic heterocycles. The third-order valence-electron chi connectivity index (χ3n) is 4.46. The minimum absolute atomic E-state index is 0.832. The summed E-state index contributed by atoms with van der Waals surface area (Å²) in [7, 11) is 4.14. The summed E-state index contributed by atoms with van der Waals surface area (Å²) < 4.78 is 1.34. The van der Waals surface area contributed by atoms with E-state index >= 15 is 0 Å². The van der Waals surface area contributed by atoms with Gasteiger partial charge in [-0.1, -0.05) is 64.6 Å². The lowest BCUT2D eigenvalue weighted by molar-refractivity contribution is 0.361.